The van der Waals surface area contributed by atoms with E-state index in [-0.39, 0.29) is 6.03 Å². The fraction of sp³-hybridized carbons (Fsp3) is 0.562. The van der Waals surface area contributed by atoms with Crippen molar-refractivity contribution in [3.63, 3.8) is 0 Å². The van der Waals surface area contributed by atoms with Gasteiger partial charge in [0.05, 0.1) is 19.8 Å². The van der Waals surface area contributed by atoms with E-state index in [0.29, 0.717) is 25.7 Å². The SMILES string of the molecule is CN(C[C@@H]1CCOC1)C(=O)NCCOCc1ccccc1. The van der Waals surface area contributed by atoms with Gasteiger partial charge in [0.25, 0.3) is 0 Å². The molecule has 5 nitrogen and oxygen atoms in total. The lowest BCUT2D eigenvalue weighted by Gasteiger charge is -2.20. The number of nitrogens with zero attached hydrogens (tertiary/aromatic N) is 1. The molecule has 1 aromatic carbocycles. The number of rotatable bonds is 7. The Kier molecular flexibility index (Phi) is 6.50. The summed E-state index contributed by atoms with van der Waals surface area (Å²) in [5.41, 5.74) is 1.14. The fourth-order valence-corrected chi connectivity index (χ4v) is 2.33. The van der Waals surface area contributed by atoms with E-state index < -0.39 is 0 Å². The third-order valence-corrected chi connectivity index (χ3v) is 3.54. The van der Waals surface area contributed by atoms with Crippen LogP contribution in [0.15, 0.2) is 30.3 Å². The number of hydrogen-bond donors (Lipinski definition) is 1. The average Bonchev–Trinajstić information content (AvgIpc) is 3.00. The second-order valence-electron chi connectivity index (χ2n) is 5.38. The molecule has 0 aromatic heterocycles. The van der Waals surface area contributed by atoms with Gasteiger partial charge in [0, 0.05) is 32.7 Å². The van der Waals surface area contributed by atoms with Crippen LogP contribution in [0, 0.1) is 5.92 Å². The Labute approximate surface area is 126 Å². The Morgan fingerprint density at radius 3 is 2.95 bits per heavy atom. The first-order chi connectivity index (χ1) is 10.3. The molecule has 0 aliphatic carbocycles. The second-order valence-corrected chi connectivity index (χ2v) is 5.38. The van der Waals surface area contributed by atoms with Crippen molar-refractivity contribution in [2.75, 3.05) is 40.0 Å². The summed E-state index contributed by atoms with van der Waals surface area (Å²) in [6.45, 7) is 3.94. The molecule has 1 aliphatic heterocycles. The molecule has 0 unspecified atom stereocenters. The van der Waals surface area contributed by atoms with Gasteiger partial charge in [0.1, 0.15) is 0 Å². The van der Waals surface area contributed by atoms with Gasteiger partial charge in [-0.1, -0.05) is 30.3 Å². The lowest BCUT2D eigenvalue weighted by molar-refractivity contribution is 0.121. The molecular weight excluding hydrogens is 268 g/mol. The number of nitrogens with one attached hydrogen (secondary N) is 1. The molecule has 1 N–H and O–H groups in total. The summed E-state index contributed by atoms with van der Waals surface area (Å²) in [7, 11) is 1.82. The van der Waals surface area contributed by atoms with Gasteiger partial charge >= 0.3 is 6.03 Å². The minimum Gasteiger partial charge on any atom is -0.381 e. The Bertz CT molecular complexity index is 419. The highest BCUT2D eigenvalue weighted by atomic mass is 16.5. The van der Waals surface area contributed by atoms with Gasteiger partial charge in [-0.15, -0.1) is 0 Å². The largest absolute Gasteiger partial charge is 0.381 e. The van der Waals surface area contributed by atoms with Gasteiger partial charge in [-0.2, -0.15) is 0 Å². The van der Waals surface area contributed by atoms with Crippen LogP contribution >= 0.6 is 0 Å². The third-order valence-electron chi connectivity index (χ3n) is 3.54. The van der Waals surface area contributed by atoms with Crippen molar-refractivity contribution in [1.82, 2.24) is 10.2 Å². The molecule has 2 rings (SSSR count). The highest BCUT2D eigenvalue weighted by Crippen LogP contribution is 2.13. The molecule has 21 heavy (non-hydrogen) atoms. The minimum atomic E-state index is -0.0507. The van der Waals surface area contributed by atoms with E-state index >= 15 is 0 Å². The number of hydrogen-bond acceptors (Lipinski definition) is 3. The van der Waals surface area contributed by atoms with Gasteiger partial charge in [-0.3, -0.25) is 0 Å². The van der Waals surface area contributed by atoms with Crippen molar-refractivity contribution in [3.8, 4) is 0 Å². The molecule has 1 atom stereocenters. The normalized spacial score (nSPS) is 17.7. The van der Waals surface area contributed by atoms with Gasteiger partial charge < -0.3 is 19.7 Å². The third kappa shape index (κ3) is 5.73. The second kappa shape index (κ2) is 8.64. The molecule has 1 heterocycles. The summed E-state index contributed by atoms with van der Waals surface area (Å²) in [6.07, 6.45) is 1.04. The summed E-state index contributed by atoms with van der Waals surface area (Å²) >= 11 is 0. The van der Waals surface area contributed by atoms with Crippen LogP contribution in [0.25, 0.3) is 0 Å². The monoisotopic (exact) mass is 292 g/mol. The zero-order valence-corrected chi connectivity index (χ0v) is 12.6. The Balaban J connectivity index is 1.54. The zero-order valence-electron chi connectivity index (χ0n) is 12.6. The highest BCUT2D eigenvalue weighted by molar-refractivity contribution is 5.73. The maximum Gasteiger partial charge on any atom is 0.317 e. The summed E-state index contributed by atoms with van der Waals surface area (Å²) in [4.78, 5) is 13.6. The molecule has 0 spiro atoms. The number of carbonyl (C=O) groups excluding carboxylic acids is 1. The zero-order chi connectivity index (χ0) is 14.9. The van der Waals surface area contributed by atoms with Crippen LogP contribution in [0.4, 0.5) is 4.79 Å². The Morgan fingerprint density at radius 2 is 2.24 bits per heavy atom. The number of urea groups is 1. The number of carbonyl (C=O) groups is 1. The molecule has 2 amide bonds. The van der Waals surface area contributed by atoms with E-state index in [1.807, 2.05) is 37.4 Å². The van der Waals surface area contributed by atoms with E-state index in [1.165, 1.54) is 0 Å². The van der Waals surface area contributed by atoms with E-state index in [1.54, 1.807) is 4.90 Å². The molecule has 0 radical (unpaired) electrons. The maximum atomic E-state index is 11.9. The van der Waals surface area contributed by atoms with Crippen molar-refractivity contribution >= 4 is 6.03 Å². The maximum absolute atomic E-state index is 11.9. The van der Waals surface area contributed by atoms with E-state index in [9.17, 15) is 4.79 Å². The van der Waals surface area contributed by atoms with Crippen LogP contribution < -0.4 is 5.32 Å². The standard InChI is InChI=1S/C16H24N2O3/c1-18(11-15-7-9-20-13-15)16(19)17-8-10-21-12-14-5-3-2-4-6-14/h2-6,15H,7-13H2,1H3,(H,17,19)/t15-/m0/s1. The van der Waals surface area contributed by atoms with Crippen LogP contribution in [-0.4, -0.2) is 50.9 Å². The molecule has 1 aromatic rings. The molecular formula is C16H24N2O3. The lowest BCUT2D eigenvalue weighted by Crippen LogP contribution is -2.41. The van der Waals surface area contributed by atoms with E-state index in [2.05, 4.69) is 5.32 Å². The van der Waals surface area contributed by atoms with Crippen molar-refractivity contribution in [3.05, 3.63) is 35.9 Å². The molecule has 116 valence electrons. The molecule has 0 saturated carbocycles. The molecule has 1 aliphatic rings. The first-order valence-electron chi connectivity index (χ1n) is 7.44. The predicted molar refractivity (Wildman–Crippen MR) is 81.1 cm³/mol. The van der Waals surface area contributed by atoms with Gasteiger partial charge in [-0.05, 0) is 12.0 Å². The summed E-state index contributed by atoms with van der Waals surface area (Å²) in [5.74, 6) is 0.468. The van der Waals surface area contributed by atoms with Crippen molar-refractivity contribution < 1.29 is 14.3 Å². The van der Waals surface area contributed by atoms with Gasteiger partial charge in [-0.25, -0.2) is 4.79 Å². The highest BCUT2D eigenvalue weighted by Gasteiger charge is 2.19. The van der Waals surface area contributed by atoms with E-state index in [0.717, 1.165) is 31.7 Å². The van der Waals surface area contributed by atoms with Crippen LogP contribution in [0.5, 0.6) is 0 Å². The predicted octanol–water partition coefficient (Wildman–Crippen LogP) is 1.88. The summed E-state index contributed by atoms with van der Waals surface area (Å²) < 4.78 is 10.8. The first kappa shape index (κ1) is 15.8. The minimum absolute atomic E-state index is 0.0507. The fourth-order valence-electron chi connectivity index (χ4n) is 2.33. The average molecular weight is 292 g/mol. The van der Waals surface area contributed by atoms with E-state index in [4.69, 9.17) is 9.47 Å². The number of benzene rings is 1. The van der Waals surface area contributed by atoms with Crippen molar-refractivity contribution in [2.45, 2.75) is 13.0 Å². The Morgan fingerprint density at radius 1 is 1.43 bits per heavy atom. The van der Waals surface area contributed by atoms with Gasteiger partial charge in [0.15, 0.2) is 0 Å². The van der Waals surface area contributed by atoms with Crippen LogP contribution in [-0.2, 0) is 16.1 Å². The number of amides is 2. The molecule has 1 fully saturated rings. The quantitative estimate of drug-likeness (QED) is 0.781. The Hall–Kier alpha value is -1.59. The van der Waals surface area contributed by atoms with Gasteiger partial charge in [0.2, 0.25) is 0 Å². The summed E-state index contributed by atoms with van der Waals surface area (Å²) in [5, 5.41) is 2.86. The number of ether oxygens (including phenoxy) is 2. The lowest BCUT2D eigenvalue weighted by atomic mass is 10.1. The molecule has 1 saturated heterocycles. The smallest absolute Gasteiger partial charge is 0.317 e. The summed E-state index contributed by atoms with van der Waals surface area (Å²) in [6, 6.07) is 9.95. The van der Waals surface area contributed by atoms with Crippen LogP contribution in [0.3, 0.4) is 0 Å². The molecule has 0 bridgehead atoms. The van der Waals surface area contributed by atoms with Crippen molar-refractivity contribution in [1.29, 1.82) is 0 Å². The topological polar surface area (TPSA) is 50.8 Å². The van der Waals surface area contributed by atoms with Crippen LogP contribution in [0.2, 0.25) is 0 Å². The molecule has 5 heteroatoms. The van der Waals surface area contributed by atoms with Crippen molar-refractivity contribution in [2.24, 2.45) is 5.92 Å². The first-order valence-corrected chi connectivity index (χ1v) is 7.44. The van der Waals surface area contributed by atoms with Crippen LogP contribution in [0.1, 0.15) is 12.0 Å².